The third kappa shape index (κ3) is 5.03. The summed E-state index contributed by atoms with van der Waals surface area (Å²) in [5.74, 6) is -2.82. The minimum Gasteiger partial charge on any atom is -0.481 e. The number of nitrogens with zero attached hydrogens (tertiary/aromatic N) is 1. The minimum absolute atomic E-state index is 0.0712. The van der Waals surface area contributed by atoms with Gasteiger partial charge in [0.1, 0.15) is 0 Å². The van der Waals surface area contributed by atoms with Gasteiger partial charge in [-0.05, 0) is 28.3 Å². The molecule has 0 spiro atoms. The second-order valence-corrected chi connectivity index (χ2v) is 7.56. The number of hydrogen-bond donors (Lipinski definition) is 4. The lowest BCUT2D eigenvalue weighted by Gasteiger charge is -2.44. The number of hydrogen-bond acceptors (Lipinski definition) is 4. The number of carbonyl (C=O) groups is 3. The molecule has 0 aliphatic carbocycles. The zero-order valence-electron chi connectivity index (χ0n) is 16.4. The van der Waals surface area contributed by atoms with E-state index in [0.29, 0.717) is 5.56 Å². The quantitative estimate of drug-likeness (QED) is 0.507. The van der Waals surface area contributed by atoms with Gasteiger partial charge in [-0.25, -0.2) is 9.59 Å². The summed E-state index contributed by atoms with van der Waals surface area (Å²) in [6, 6.07) is 11.6. The van der Waals surface area contributed by atoms with Crippen LogP contribution in [-0.4, -0.2) is 50.8 Å². The van der Waals surface area contributed by atoms with E-state index < -0.39 is 42.5 Å². The first-order valence-corrected chi connectivity index (χ1v) is 9.26. The van der Waals surface area contributed by atoms with E-state index in [1.807, 2.05) is 38.1 Å². The highest BCUT2D eigenvalue weighted by Crippen LogP contribution is 2.39. The zero-order valence-corrected chi connectivity index (χ0v) is 16.4. The average molecular weight is 402 g/mol. The molecule has 2 aromatic rings. The van der Waals surface area contributed by atoms with Crippen molar-refractivity contribution in [1.29, 1.82) is 0 Å². The molecule has 29 heavy (non-hydrogen) atoms. The van der Waals surface area contributed by atoms with Crippen molar-refractivity contribution in [3.8, 4) is 0 Å². The van der Waals surface area contributed by atoms with Crippen molar-refractivity contribution >= 4 is 28.7 Å². The minimum atomic E-state index is -1.88. The van der Waals surface area contributed by atoms with E-state index in [1.165, 1.54) is 4.90 Å². The van der Waals surface area contributed by atoms with Gasteiger partial charge in [-0.2, -0.15) is 0 Å². The fraction of sp³-hybridized carbons (Fsp3) is 0.381. The molecule has 2 unspecified atom stereocenters. The van der Waals surface area contributed by atoms with E-state index in [2.05, 4.69) is 0 Å². The number of amides is 2. The Hall–Kier alpha value is -3.13. The number of urea groups is 1. The number of aliphatic hydroxyl groups is 1. The average Bonchev–Trinajstić information content (AvgIpc) is 2.64. The first kappa shape index (κ1) is 22.2. The molecule has 0 aliphatic rings. The largest absolute Gasteiger partial charge is 0.481 e. The van der Waals surface area contributed by atoms with Gasteiger partial charge in [0.15, 0.2) is 6.10 Å². The molecule has 2 atom stereocenters. The number of carboxylic acids is 2. The normalized spacial score (nSPS) is 14.3. The molecule has 8 nitrogen and oxygen atoms in total. The highest BCUT2D eigenvalue weighted by molar-refractivity contribution is 5.84. The summed E-state index contributed by atoms with van der Waals surface area (Å²) < 4.78 is 0. The number of aliphatic hydroxyl groups excluding tert-OH is 1. The Labute approximate surface area is 168 Å². The second kappa shape index (κ2) is 8.91. The van der Waals surface area contributed by atoms with Gasteiger partial charge in [-0.3, -0.25) is 4.79 Å². The summed E-state index contributed by atoms with van der Waals surface area (Å²) in [5, 5.41) is 30.7. The van der Waals surface area contributed by atoms with E-state index in [9.17, 15) is 29.7 Å². The smallest absolute Gasteiger partial charge is 0.332 e. The maximum absolute atomic E-state index is 12.4. The Balaban J connectivity index is 2.77. The fourth-order valence-corrected chi connectivity index (χ4v) is 3.63. The molecule has 0 aliphatic heterocycles. The lowest BCUT2D eigenvalue weighted by molar-refractivity contribution is -0.151. The van der Waals surface area contributed by atoms with Crippen molar-refractivity contribution in [2.45, 2.75) is 38.3 Å². The number of rotatable bonds is 9. The molecule has 156 valence electrons. The number of nitrogens with two attached hydrogens (primary N) is 1. The van der Waals surface area contributed by atoms with E-state index in [-0.39, 0.29) is 12.5 Å². The number of benzene rings is 2. The van der Waals surface area contributed by atoms with Crippen LogP contribution in [-0.2, 0) is 15.1 Å². The van der Waals surface area contributed by atoms with E-state index in [1.54, 1.807) is 18.2 Å². The van der Waals surface area contributed by atoms with Crippen molar-refractivity contribution in [1.82, 2.24) is 4.90 Å². The molecule has 0 heterocycles. The highest BCUT2D eigenvalue weighted by Gasteiger charge is 2.45. The Morgan fingerprint density at radius 2 is 1.69 bits per heavy atom. The van der Waals surface area contributed by atoms with Crippen LogP contribution >= 0.6 is 0 Å². The first-order valence-electron chi connectivity index (χ1n) is 9.26. The molecule has 0 aromatic heterocycles. The number of primary amides is 1. The van der Waals surface area contributed by atoms with Crippen LogP contribution in [0.25, 0.3) is 10.8 Å². The van der Waals surface area contributed by atoms with Crippen LogP contribution in [0.3, 0.4) is 0 Å². The first-order chi connectivity index (χ1) is 13.6. The molecule has 2 aromatic carbocycles. The maximum atomic E-state index is 12.4. The van der Waals surface area contributed by atoms with E-state index in [0.717, 1.165) is 10.8 Å². The summed E-state index contributed by atoms with van der Waals surface area (Å²) >= 11 is 0. The van der Waals surface area contributed by atoms with Gasteiger partial charge in [0.25, 0.3) is 0 Å². The SMILES string of the molecule is CC(C)CN(C(N)=O)C(CC(=O)O)(CC(O)C(=O)O)c1ccc2ccccc2c1. The third-order valence-electron chi connectivity index (χ3n) is 4.88. The van der Waals surface area contributed by atoms with Crippen molar-refractivity contribution in [3.63, 3.8) is 0 Å². The fourth-order valence-electron chi connectivity index (χ4n) is 3.63. The Bertz CT molecular complexity index is 913. The Morgan fingerprint density at radius 3 is 2.21 bits per heavy atom. The molecule has 0 fully saturated rings. The topological polar surface area (TPSA) is 141 Å². The predicted molar refractivity (Wildman–Crippen MR) is 107 cm³/mol. The van der Waals surface area contributed by atoms with Crippen LogP contribution in [0.2, 0.25) is 0 Å². The molecule has 0 saturated carbocycles. The van der Waals surface area contributed by atoms with Crippen molar-refractivity contribution in [2.75, 3.05) is 6.54 Å². The molecule has 2 rings (SSSR count). The number of carboxylic acid groups (broad SMARTS) is 2. The lowest BCUT2D eigenvalue weighted by atomic mass is 9.78. The summed E-state index contributed by atoms with van der Waals surface area (Å²) in [7, 11) is 0. The van der Waals surface area contributed by atoms with Gasteiger partial charge >= 0.3 is 18.0 Å². The van der Waals surface area contributed by atoms with Gasteiger partial charge in [0, 0.05) is 13.0 Å². The van der Waals surface area contributed by atoms with E-state index in [4.69, 9.17) is 5.73 Å². The maximum Gasteiger partial charge on any atom is 0.332 e. The molecule has 8 heteroatoms. The number of carbonyl (C=O) groups excluding carboxylic acids is 1. The standard InChI is InChI=1S/C21H26N2O6/c1-13(2)12-23(20(22)29)21(11-18(25)26,10-17(24)19(27)28)16-8-7-14-5-3-4-6-15(14)9-16/h3-9,13,17,24H,10-12H2,1-2H3,(H2,22,29)(H,25,26)(H,27,28). The molecule has 0 bridgehead atoms. The van der Waals surface area contributed by atoms with Crippen LogP contribution in [0.15, 0.2) is 42.5 Å². The van der Waals surface area contributed by atoms with Crippen LogP contribution in [0, 0.1) is 5.92 Å². The molecule has 5 N–H and O–H groups in total. The third-order valence-corrected chi connectivity index (χ3v) is 4.88. The molecule has 0 saturated heterocycles. The molecular weight excluding hydrogens is 376 g/mol. The van der Waals surface area contributed by atoms with Crippen LogP contribution in [0.4, 0.5) is 4.79 Å². The van der Waals surface area contributed by atoms with Crippen LogP contribution in [0.1, 0.15) is 32.3 Å². The van der Waals surface area contributed by atoms with Gasteiger partial charge in [-0.1, -0.05) is 50.2 Å². The summed E-state index contributed by atoms with van der Waals surface area (Å²) in [5.41, 5.74) is 4.38. The summed E-state index contributed by atoms with van der Waals surface area (Å²) in [6.45, 7) is 3.76. The molecule has 2 amide bonds. The van der Waals surface area contributed by atoms with E-state index >= 15 is 0 Å². The van der Waals surface area contributed by atoms with Crippen molar-refractivity contribution in [3.05, 3.63) is 48.0 Å². The highest BCUT2D eigenvalue weighted by atomic mass is 16.4. The monoisotopic (exact) mass is 402 g/mol. The van der Waals surface area contributed by atoms with Crippen molar-refractivity contribution < 1.29 is 29.7 Å². The van der Waals surface area contributed by atoms with Crippen LogP contribution < -0.4 is 5.73 Å². The van der Waals surface area contributed by atoms with Gasteiger partial charge in [0.2, 0.25) is 0 Å². The second-order valence-electron chi connectivity index (χ2n) is 7.56. The summed E-state index contributed by atoms with van der Waals surface area (Å²) in [4.78, 5) is 36.7. The lowest BCUT2D eigenvalue weighted by Crippen LogP contribution is -2.56. The number of aliphatic carboxylic acids is 2. The van der Waals surface area contributed by atoms with Gasteiger partial charge in [0.05, 0.1) is 12.0 Å². The Morgan fingerprint density at radius 1 is 1.07 bits per heavy atom. The molecular formula is C21H26N2O6. The van der Waals surface area contributed by atoms with Gasteiger partial charge < -0.3 is 26.0 Å². The van der Waals surface area contributed by atoms with Gasteiger partial charge in [-0.15, -0.1) is 0 Å². The zero-order chi connectivity index (χ0) is 21.8. The molecule has 0 radical (unpaired) electrons. The predicted octanol–water partition coefficient (Wildman–Crippen LogP) is 2.38. The van der Waals surface area contributed by atoms with Crippen molar-refractivity contribution in [2.24, 2.45) is 11.7 Å². The summed E-state index contributed by atoms with van der Waals surface area (Å²) in [6.07, 6.45) is -3.00. The Kier molecular flexibility index (Phi) is 6.81. The van der Waals surface area contributed by atoms with Crippen LogP contribution in [0.5, 0.6) is 0 Å². The number of fused-ring (bicyclic) bond motifs is 1.